The average molecular weight is 316 g/mol. The van der Waals surface area contributed by atoms with Crippen molar-refractivity contribution in [3.8, 4) is 6.07 Å². The molecule has 3 rings (SSSR count). The topological polar surface area (TPSA) is 27.0 Å². The van der Waals surface area contributed by atoms with E-state index in [2.05, 4.69) is 0 Å². The highest BCUT2D eigenvalue weighted by Crippen LogP contribution is 2.36. The lowest BCUT2D eigenvalue weighted by Crippen LogP contribution is -2.20. The van der Waals surface area contributed by atoms with E-state index in [4.69, 9.17) is 5.26 Å². The van der Waals surface area contributed by atoms with Crippen LogP contribution in [-0.2, 0) is 6.18 Å². The summed E-state index contributed by atoms with van der Waals surface area (Å²) in [6.07, 6.45) is -3.61. The SMILES string of the molecule is N#Cc1ccc(N2CCC(c3ccccc3)C2)cc1C(F)(F)F. The van der Waals surface area contributed by atoms with Crippen LogP contribution in [0.4, 0.5) is 18.9 Å². The first-order valence-electron chi connectivity index (χ1n) is 7.40. The summed E-state index contributed by atoms with van der Waals surface area (Å²) in [5.74, 6) is 0.321. The van der Waals surface area contributed by atoms with Gasteiger partial charge in [-0.1, -0.05) is 30.3 Å². The Bertz CT molecular complexity index is 732. The Morgan fingerprint density at radius 2 is 1.83 bits per heavy atom. The molecule has 0 spiro atoms. The Hall–Kier alpha value is -2.48. The van der Waals surface area contributed by atoms with Gasteiger partial charge in [0.2, 0.25) is 0 Å². The Morgan fingerprint density at radius 1 is 1.09 bits per heavy atom. The zero-order chi connectivity index (χ0) is 16.4. The number of alkyl halides is 3. The first kappa shape index (κ1) is 15.4. The van der Waals surface area contributed by atoms with Gasteiger partial charge in [0.15, 0.2) is 0 Å². The van der Waals surface area contributed by atoms with Crippen molar-refractivity contribution in [3.05, 3.63) is 65.2 Å². The van der Waals surface area contributed by atoms with Crippen LogP contribution in [0.3, 0.4) is 0 Å². The van der Waals surface area contributed by atoms with Gasteiger partial charge < -0.3 is 4.90 Å². The van der Waals surface area contributed by atoms with E-state index in [1.807, 2.05) is 35.2 Å². The molecule has 1 aliphatic rings. The lowest BCUT2D eigenvalue weighted by Gasteiger charge is -2.21. The summed E-state index contributed by atoms with van der Waals surface area (Å²) in [6, 6.07) is 15.6. The highest BCUT2D eigenvalue weighted by molar-refractivity contribution is 5.55. The molecule has 2 aromatic carbocycles. The Kier molecular flexibility index (Phi) is 3.99. The van der Waals surface area contributed by atoms with Gasteiger partial charge in [-0.3, -0.25) is 0 Å². The molecule has 2 aromatic rings. The lowest BCUT2D eigenvalue weighted by molar-refractivity contribution is -0.137. The molecule has 0 aromatic heterocycles. The second-order valence-corrected chi connectivity index (χ2v) is 5.68. The van der Waals surface area contributed by atoms with Crippen LogP contribution in [0.2, 0.25) is 0 Å². The standard InChI is InChI=1S/C18H15F3N2/c19-18(20,21)17-10-16(7-6-14(17)11-22)23-9-8-15(12-23)13-4-2-1-3-5-13/h1-7,10,15H,8-9,12H2. The molecule has 1 saturated heterocycles. The van der Waals surface area contributed by atoms with Crippen LogP contribution in [0.5, 0.6) is 0 Å². The summed E-state index contributed by atoms with van der Waals surface area (Å²) in [7, 11) is 0. The molecule has 1 fully saturated rings. The van der Waals surface area contributed by atoms with Gasteiger partial charge in [-0.25, -0.2) is 0 Å². The molecule has 2 nitrogen and oxygen atoms in total. The number of nitrogens with zero attached hydrogens (tertiary/aromatic N) is 2. The highest BCUT2D eigenvalue weighted by Gasteiger charge is 2.35. The molecule has 1 heterocycles. The largest absolute Gasteiger partial charge is 0.417 e. The Labute approximate surface area is 132 Å². The zero-order valence-electron chi connectivity index (χ0n) is 12.3. The van der Waals surface area contributed by atoms with Crippen LogP contribution in [0, 0.1) is 11.3 Å². The van der Waals surface area contributed by atoms with Gasteiger partial charge in [-0.05, 0) is 30.2 Å². The minimum Gasteiger partial charge on any atom is -0.371 e. The quantitative estimate of drug-likeness (QED) is 0.811. The summed E-state index contributed by atoms with van der Waals surface area (Å²) < 4.78 is 39.2. The number of rotatable bonds is 2. The minimum absolute atomic E-state index is 0.321. The second kappa shape index (κ2) is 5.96. The fourth-order valence-corrected chi connectivity index (χ4v) is 3.05. The van der Waals surface area contributed by atoms with E-state index in [1.54, 1.807) is 12.1 Å². The Balaban J connectivity index is 1.85. The molecular weight excluding hydrogens is 301 g/mol. The van der Waals surface area contributed by atoms with E-state index in [1.165, 1.54) is 11.6 Å². The van der Waals surface area contributed by atoms with E-state index in [0.29, 0.717) is 24.7 Å². The maximum atomic E-state index is 13.1. The van der Waals surface area contributed by atoms with Crippen LogP contribution in [0.25, 0.3) is 0 Å². The van der Waals surface area contributed by atoms with Gasteiger partial charge in [-0.15, -0.1) is 0 Å². The third kappa shape index (κ3) is 3.16. The maximum Gasteiger partial charge on any atom is 0.417 e. The van der Waals surface area contributed by atoms with E-state index >= 15 is 0 Å². The van der Waals surface area contributed by atoms with Crippen molar-refractivity contribution >= 4 is 5.69 Å². The van der Waals surface area contributed by atoms with Gasteiger partial charge in [-0.2, -0.15) is 18.4 Å². The summed E-state index contributed by atoms with van der Waals surface area (Å²) in [5.41, 5.74) is 0.537. The monoisotopic (exact) mass is 316 g/mol. The number of halogens is 3. The summed E-state index contributed by atoms with van der Waals surface area (Å²) in [4.78, 5) is 1.95. The number of anilines is 1. The van der Waals surface area contributed by atoms with Gasteiger partial charge in [0, 0.05) is 24.7 Å². The second-order valence-electron chi connectivity index (χ2n) is 5.68. The molecule has 5 heteroatoms. The summed E-state index contributed by atoms with van der Waals surface area (Å²) in [5, 5.41) is 8.87. The molecule has 1 unspecified atom stereocenters. The molecule has 0 aliphatic carbocycles. The molecular formula is C18H15F3N2. The first-order valence-corrected chi connectivity index (χ1v) is 7.40. The van der Waals surface area contributed by atoms with Crippen LogP contribution < -0.4 is 4.90 Å². The fourth-order valence-electron chi connectivity index (χ4n) is 3.05. The van der Waals surface area contributed by atoms with Crippen LogP contribution in [0.15, 0.2) is 48.5 Å². The van der Waals surface area contributed by atoms with Crippen molar-refractivity contribution in [2.75, 3.05) is 18.0 Å². The molecule has 0 bridgehead atoms. The first-order chi connectivity index (χ1) is 11.0. The Morgan fingerprint density at radius 3 is 2.48 bits per heavy atom. The van der Waals surface area contributed by atoms with Crippen LogP contribution >= 0.6 is 0 Å². The highest BCUT2D eigenvalue weighted by atomic mass is 19.4. The van der Waals surface area contributed by atoms with Crippen molar-refractivity contribution in [2.24, 2.45) is 0 Å². The van der Waals surface area contributed by atoms with Gasteiger partial charge >= 0.3 is 6.18 Å². The van der Waals surface area contributed by atoms with Crippen molar-refractivity contribution in [1.29, 1.82) is 5.26 Å². The number of nitriles is 1. The average Bonchev–Trinajstić information content (AvgIpc) is 3.04. The maximum absolute atomic E-state index is 13.1. The van der Waals surface area contributed by atoms with E-state index in [9.17, 15) is 13.2 Å². The predicted octanol–water partition coefficient (Wildman–Crippen LogP) is 4.57. The zero-order valence-corrected chi connectivity index (χ0v) is 12.3. The molecule has 0 radical (unpaired) electrons. The number of benzene rings is 2. The van der Waals surface area contributed by atoms with Gasteiger partial charge in [0.1, 0.15) is 0 Å². The predicted molar refractivity (Wildman–Crippen MR) is 82.2 cm³/mol. The van der Waals surface area contributed by atoms with Crippen molar-refractivity contribution < 1.29 is 13.2 Å². The molecule has 0 N–H and O–H groups in total. The summed E-state index contributed by atoms with van der Waals surface area (Å²) >= 11 is 0. The van der Waals surface area contributed by atoms with Crippen LogP contribution in [-0.4, -0.2) is 13.1 Å². The van der Waals surface area contributed by atoms with E-state index < -0.39 is 11.7 Å². The van der Waals surface area contributed by atoms with E-state index in [0.717, 1.165) is 12.5 Å². The smallest absolute Gasteiger partial charge is 0.371 e. The third-order valence-electron chi connectivity index (χ3n) is 4.25. The van der Waals surface area contributed by atoms with Crippen molar-refractivity contribution in [3.63, 3.8) is 0 Å². The number of hydrogen-bond donors (Lipinski definition) is 0. The van der Waals surface area contributed by atoms with Gasteiger partial charge in [0.05, 0.1) is 17.2 Å². The molecule has 118 valence electrons. The fraction of sp³-hybridized carbons (Fsp3) is 0.278. The van der Waals surface area contributed by atoms with Crippen LogP contribution in [0.1, 0.15) is 29.0 Å². The normalized spacial score (nSPS) is 18.0. The third-order valence-corrected chi connectivity index (χ3v) is 4.25. The van der Waals surface area contributed by atoms with Crippen molar-refractivity contribution in [1.82, 2.24) is 0 Å². The molecule has 0 amide bonds. The molecule has 0 saturated carbocycles. The number of hydrogen-bond acceptors (Lipinski definition) is 2. The van der Waals surface area contributed by atoms with E-state index in [-0.39, 0.29) is 5.56 Å². The molecule has 23 heavy (non-hydrogen) atoms. The molecule has 1 aliphatic heterocycles. The summed E-state index contributed by atoms with van der Waals surface area (Å²) in [6.45, 7) is 1.40. The van der Waals surface area contributed by atoms with Gasteiger partial charge in [0.25, 0.3) is 0 Å². The molecule has 1 atom stereocenters. The lowest BCUT2D eigenvalue weighted by atomic mass is 9.99. The minimum atomic E-state index is -4.51. The van der Waals surface area contributed by atoms with Crippen molar-refractivity contribution in [2.45, 2.75) is 18.5 Å².